The second kappa shape index (κ2) is 6.56. The number of thioether (sulfide) groups is 1. The lowest BCUT2D eigenvalue weighted by molar-refractivity contribution is -0.0524. The van der Waals surface area contributed by atoms with Crippen LogP contribution in [0.25, 0.3) is 0 Å². The first-order valence-corrected chi connectivity index (χ1v) is 8.52. The van der Waals surface area contributed by atoms with Crippen molar-refractivity contribution in [2.75, 3.05) is 12.8 Å². The first-order chi connectivity index (χ1) is 8.59. The van der Waals surface area contributed by atoms with E-state index in [-0.39, 0.29) is 18.8 Å². The fourth-order valence-corrected chi connectivity index (χ4v) is 4.03. The number of hydrogen-bond donors (Lipinski definition) is 1. The lowest BCUT2D eigenvalue weighted by Gasteiger charge is -2.32. The summed E-state index contributed by atoms with van der Waals surface area (Å²) in [6.07, 6.45) is 9.04. The Bertz CT molecular complexity index is 252. The van der Waals surface area contributed by atoms with Crippen LogP contribution in [0.1, 0.15) is 51.4 Å². The Balaban J connectivity index is 1.66. The molecule has 1 N–H and O–H groups in total. The van der Waals surface area contributed by atoms with Crippen LogP contribution in [-0.4, -0.2) is 30.0 Å². The molecule has 0 saturated heterocycles. The van der Waals surface area contributed by atoms with Gasteiger partial charge in [-0.1, -0.05) is 0 Å². The molecule has 18 heavy (non-hydrogen) atoms. The Morgan fingerprint density at radius 3 is 2.50 bits per heavy atom. The molecule has 2 rings (SSSR count). The maximum atomic E-state index is 13.3. The molecule has 0 heterocycles. The smallest absolute Gasteiger partial charge is 0.248 e. The molecule has 0 aromatic rings. The topological polar surface area (TPSA) is 12.0 Å². The van der Waals surface area contributed by atoms with E-state index in [1.165, 1.54) is 25.7 Å². The van der Waals surface area contributed by atoms with Gasteiger partial charge in [0.05, 0.1) is 0 Å². The van der Waals surface area contributed by atoms with Crippen molar-refractivity contribution in [2.24, 2.45) is 5.92 Å². The Hall–Kier alpha value is 0.170. The summed E-state index contributed by atoms with van der Waals surface area (Å²) in [4.78, 5) is 0. The van der Waals surface area contributed by atoms with Gasteiger partial charge in [-0.25, -0.2) is 8.78 Å². The molecular weight excluding hydrogens is 252 g/mol. The van der Waals surface area contributed by atoms with Gasteiger partial charge < -0.3 is 5.32 Å². The maximum absolute atomic E-state index is 13.3. The van der Waals surface area contributed by atoms with Gasteiger partial charge in [0.15, 0.2) is 0 Å². The van der Waals surface area contributed by atoms with Crippen molar-refractivity contribution in [3.05, 3.63) is 0 Å². The van der Waals surface area contributed by atoms with Crippen molar-refractivity contribution < 1.29 is 8.78 Å². The minimum Gasteiger partial charge on any atom is -0.314 e. The minimum absolute atomic E-state index is 0.0974. The zero-order chi connectivity index (χ0) is 13.0. The van der Waals surface area contributed by atoms with Crippen molar-refractivity contribution in [1.82, 2.24) is 5.32 Å². The van der Waals surface area contributed by atoms with Crippen molar-refractivity contribution in [2.45, 2.75) is 68.6 Å². The molecule has 2 aliphatic rings. The minimum atomic E-state index is -2.40. The number of nitrogens with one attached hydrogen (secondary N) is 1. The second-order valence-electron chi connectivity index (χ2n) is 5.94. The summed E-state index contributed by atoms with van der Waals surface area (Å²) >= 11 is 1.97. The third-order valence-electron chi connectivity index (χ3n) is 4.44. The van der Waals surface area contributed by atoms with Crippen LogP contribution >= 0.6 is 11.8 Å². The number of rotatable bonds is 4. The molecule has 106 valence electrons. The van der Waals surface area contributed by atoms with Crippen LogP contribution in [-0.2, 0) is 0 Å². The summed E-state index contributed by atoms with van der Waals surface area (Å²) in [5.74, 6) is -2.21. The first-order valence-electron chi connectivity index (χ1n) is 7.23. The normalized spacial score (nSPS) is 36.5. The van der Waals surface area contributed by atoms with Crippen LogP contribution in [0.15, 0.2) is 0 Å². The molecule has 1 nitrogen and oxygen atoms in total. The van der Waals surface area contributed by atoms with E-state index in [0.717, 1.165) is 18.2 Å². The van der Waals surface area contributed by atoms with Crippen molar-refractivity contribution >= 4 is 11.8 Å². The van der Waals surface area contributed by atoms with Crippen molar-refractivity contribution in [3.8, 4) is 0 Å². The lowest BCUT2D eigenvalue weighted by Crippen LogP contribution is -2.39. The second-order valence-corrected chi connectivity index (χ2v) is 7.07. The van der Waals surface area contributed by atoms with Crippen LogP contribution in [0.3, 0.4) is 0 Å². The maximum Gasteiger partial charge on any atom is 0.248 e. The monoisotopic (exact) mass is 277 g/mol. The van der Waals surface area contributed by atoms with E-state index in [1.807, 2.05) is 11.8 Å². The van der Waals surface area contributed by atoms with Gasteiger partial charge in [-0.15, -0.1) is 0 Å². The van der Waals surface area contributed by atoms with Gasteiger partial charge in [0.2, 0.25) is 5.92 Å². The third-order valence-corrected chi connectivity index (χ3v) is 5.58. The van der Waals surface area contributed by atoms with Crippen LogP contribution in [0.5, 0.6) is 0 Å². The van der Waals surface area contributed by atoms with Gasteiger partial charge in [0, 0.05) is 24.1 Å². The van der Waals surface area contributed by atoms with E-state index in [0.29, 0.717) is 12.5 Å². The van der Waals surface area contributed by atoms with Gasteiger partial charge in [-0.05, 0) is 57.2 Å². The highest BCUT2D eigenvalue weighted by Crippen LogP contribution is 2.36. The number of hydrogen-bond acceptors (Lipinski definition) is 2. The Labute approximate surface area is 113 Å². The molecule has 0 amide bonds. The summed E-state index contributed by atoms with van der Waals surface area (Å²) in [7, 11) is 0. The van der Waals surface area contributed by atoms with Gasteiger partial charge in [-0.2, -0.15) is 11.8 Å². The molecular formula is C14H25F2NS. The average Bonchev–Trinajstić information content (AvgIpc) is 2.36. The van der Waals surface area contributed by atoms with Gasteiger partial charge in [0.1, 0.15) is 0 Å². The van der Waals surface area contributed by atoms with Gasteiger partial charge in [0.25, 0.3) is 0 Å². The van der Waals surface area contributed by atoms with Crippen LogP contribution < -0.4 is 5.32 Å². The van der Waals surface area contributed by atoms with Crippen molar-refractivity contribution in [3.63, 3.8) is 0 Å². The number of halogens is 2. The molecule has 1 unspecified atom stereocenters. The highest BCUT2D eigenvalue weighted by Gasteiger charge is 2.36. The molecule has 4 heteroatoms. The van der Waals surface area contributed by atoms with E-state index in [1.54, 1.807) is 0 Å². The number of alkyl halides is 2. The fourth-order valence-electron chi connectivity index (χ4n) is 3.29. The largest absolute Gasteiger partial charge is 0.314 e. The SMILES string of the molecule is CSC1CCC(NCC2CCCC(F)(F)C2)CC1. The molecule has 0 aliphatic heterocycles. The standard InChI is InChI=1S/C14H25F2NS/c1-18-13-6-4-12(5-7-13)17-10-11-3-2-8-14(15,16)9-11/h11-13,17H,2-10H2,1H3. The highest BCUT2D eigenvalue weighted by molar-refractivity contribution is 7.99. The first kappa shape index (κ1) is 14.6. The van der Waals surface area contributed by atoms with E-state index in [2.05, 4.69) is 11.6 Å². The van der Waals surface area contributed by atoms with Crippen LogP contribution in [0.4, 0.5) is 8.78 Å². The average molecular weight is 277 g/mol. The van der Waals surface area contributed by atoms with E-state index < -0.39 is 5.92 Å². The van der Waals surface area contributed by atoms with E-state index in [4.69, 9.17) is 0 Å². The lowest BCUT2D eigenvalue weighted by atomic mass is 9.86. The molecule has 0 spiro atoms. The fraction of sp³-hybridized carbons (Fsp3) is 1.00. The highest BCUT2D eigenvalue weighted by atomic mass is 32.2. The van der Waals surface area contributed by atoms with E-state index >= 15 is 0 Å². The molecule has 0 aromatic carbocycles. The van der Waals surface area contributed by atoms with Crippen LogP contribution in [0, 0.1) is 5.92 Å². The zero-order valence-corrected chi connectivity index (χ0v) is 12.1. The molecule has 2 saturated carbocycles. The summed E-state index contributed by atoms with van der Waals surface area (Å²) in [5.41, 5.74) is 0. The predicted molar refractivity (Wildman–Crippen MR) is 74.5 cm³/mol. The molecule has 1 atom stereocenters. The molecule has 2 fully saturated rings. The Morgan fingerprint density at radius 2 is 1.89 bits per heavy atom. The van der Waals surface area contributed by atoms with Gasteiger partial charge >= 0.3 is 0 Å². The molecule has 2 aliphatic carbocycles. The van der Waals surface area contributed by atoms with Crippen LogP contribution in [0.2, 0.25) is 0 Å². The predicted octanol–water partition coefficient (Wildman–Crippen LogP) is 4.08. The van der Waals surface area contributed by atoms with Gasteiger partial charge in [-0.3, -0.25) is 0 Å². The third kappa shape index (κ3) is 4.37. The summed E-state index contributed by atoms with van der Waals surface area (Å²) < 4.78 is 26.6. The summed E-state index contributed by atoms with van der Waals surface area (Å²) in [6, 6.07) is 0.573. The molecule has 0 aromatic heterocycles. The summed E-state index contributed by atoms with van der Waals surface area (Å²) in [6.45, 7) is 0.796. The van der Waals surface area contributed by atoms with Crippen molar-refractivity contribution in [1.29, 1.82) is 0 Å². The Morgan fingerprint density at radius 1 is 1.17 bits per heavy atom. The quantitative estimate of drug-likeness (QED) is 0.831. The van der Waals surface area contributed by atoms with E-state index in [9.17, 15) is 8.78 Å². The summed E-state index contributed by atoms with van der Waals surface area (Å²) in [5, 5.41) is 4.35. The zero-order valence-electron chi connectivity index (χ0n) is 11.3. The molecule has 0 radical (unpaired) electrons. The Kier molecular flexibility index (Phi) is 5.31. The molecule has 0 bridgehead atoms.